The average Bonchev–Trinajstić information content (AvgIpc) is 2.88. The highest BCUT2D eigenvalue weighted by Gasteiger charge is 2.38. The Morgan fingerprint density at radius 3 is 2.14 bits per heavy atom. The zero-order valence-corrected chi connectivity index (χ0v) is 24.1. The highest BCUT2D eigenvalue weighted by molar-refractivity contribution is 5.86. The van der Waals surface area contributed by atoms with Crippen LogP contribution >= 0.6 is 0 Å². The van der Waals surface area contributed by atoms with Gasteiger partial charge in [-0.1, -0.05) is 58.4 Å². The molecule has 5 heteroatoms. The van der Waals surface area contributed by atoms with Crippen LogP contribution in [0.15, 0.2) is 30.3 Å². The summed E-state index contributed by atoms with van der Waals surface area (Å²) in [6, 6.07) is 8.47. The number of rotatable bonds is 15. The van der Waals surface area contributed by atoms with Crippen LogP contribution in [0.2, 0.25) is 0 Å². The molecular formula is C32H50O5. The van der Waals surface area contributed by atoms with Crippen LogP contribution in [-0.2, 0) is 23.8 Å². The van der Waals surface area contributed by atoms with E-state index in [1.165, 1.54) is 18.7 Å². The quantitative estimate of drug-likeness (QED) is 0.136. The Bertz CT molecular complexity index is 833. The van der Waals surface area contributed by atoms with E-state index in [4.69, 9.17) is 9.47 Å². The predicted molar refractivity (Wildman–Crippen MR) is 150 cm³/mol. The molecule has 1 unspecified atom stereocenters. The molecule has 0 aliphatic heterocycles. The second kappa shape index (κ2) is 16.0. The minimum absolute atomic E-state index is 0.0403. The Labute approximate surface area is 225 Å². The van der Waals surface area contributed by atoms with E-state index in [0.717, 1.165) is 70.0 Å². The normalized spacial score (nSPS) is 19.8. The van der Waals surface area contributed by atoms with Gasteiger partial charge in [0.2, 0.25) is 0 Å². The minimum Gasteiger partial charge on any atom is -0.466 e. The molecule has 0 bridgehead atoms. The van der Waals surface area contributed by atoms with Crippen LogP contribution in [0, 0.1) is 17.3 Å². The van der Waals surface area contributed by atoms with Gasteiger partial charge >= 0.3 is 11.9 Å². The maximum absolute atomic E-state index is 12.7. The molecule has 1 aromatic rings. The van der Waals surface area contributed by atoms with E-state index in [2.05, 4.69) is 56.7 Å². The summed E-state index contributed by atoms with van der Waals surface area (Å²) in [5.41, 5.74) is 1.98. The van der Waals surface area contributed by atoms with Crippen LogP contribution < -0.4 is 0 Å². The first-order chi connectivity index (χ1) is 17.7. The molecule has 208 valence electrons. The van der Waals surface area contributed by atoms with Crippen molar-refractivity contribution >= 4 is 18.0 Å². The summed E-state index contributed by atoms with van der Waals surface area (Å²) in [6.07, 6.45) is 13.1. The van der Waals surface area contributed by atoms with Crippen molar-refractivity contribution in [2.45, 2.75) is 104 Å². The number of hydrogen-bond acceptors (Lipinski definition) is 5. The van der Waals surface area contributed by atoms with Crippen LogP contribution in [0.25, 0.3) is 6.08 Å². The van der Waals surface area contributed by atoms with Gasteiger partial charge in [0, 0.05) is 12.7 Å². The molecule has 0 spiro atoms. The summed E-state index contributed by atoms with van der Waals surface area (Å²) in [5.74, 6) is 0.955. The van der Waals surface area contributed by atoms with Gasteiger partial charge in [-0.05, 0) is 93.2 Å². The van der Waals surface area contributed by atoms with Crippen LogP contribution in [0.4, 0.5) is 0 Å². The fraction of sp³-hybridized carbons (Fsp3) is 0.688. The molecule has 5 nitrogen and oxygen atoms in total. The van der Waals surface area contributed by atoms with Gasteiger partial charge < -0.3 is 14.2 Å². The highest BCUT2D eigenvalue weighted by atomic mass is 16.5. The topological polar surface area (TPSA) is 61.8 Å². The van der Waals surface area contributed by atoms with Gasteiger partial charge in [-0.3, -0.25) is 4.79 Å². The highest BCUT2D eigenvalue weighted by Crippen LogP contribution is 2.36. The first kappa shape index (κ1) is 31.1. The standard InChI is InChI=1S/C32H50O5/c1-24(2)23-32(5,25(3)4)31(34)37-22-10-8-7-9-21-36-29-18-16-28(17-19-29)27-14-11-26(12-15-27)13-20-30(33)35-6/h11-15,20,24-25,28-29H,7-10,16-19,21-23H2,1-6H3/b20-13+. The molecule has 37 heavy (non-hydrogen) atoms. The molecule has 1 atom stereocenters. The maximum Gasteiger partial charge on any atom is 0.330 e. The van der Waals surface area contributed by atoms with E-state index in [1.807, 2.05) is 6.92 Å². The first-order valence-corrected chi connectivity index (χ1v) is 14.3. The number of carbonyl (C=O) groups excluding carboxylic acids is 2. The Kier molecular flexibility index (Phi) is 13.4. The summed E-state index contributed by atoms with van der Waals surface area (Å²) < 4.78 is 16.5. The van der Waals surface area contributed by atoms with Gasteiger partial charge in [-0.15, -0.1) is 0 Å². The minimum atomic E-state index is -0.395. The molecule has 0 N–H and O–H groups in total. The van der Waals surface area contributed by atoms with Gasteiger partial charge in [-0.2, -0.15) is 0 Å². The molecule has 0 radical (unpaired) electrons. The Morgan fingerprint density at radius 2 is 1.57 bits per heavy atom. The Balaban J connectivity index is 1.56. The number of benzene rings is 1. The van der Waals surface area contributed by atoms with Crippen LogP contribution in [0.1, 0.15) is 109 Å². The summed E-state index contributed by atoms with van der Waals surface area (Å²) in [5, 5.41) is 0. The van der Waals surface area contributed by atoms with Gasteiger partial charge in [-0.25, -0.2) is 4.79 Å². The number of methoxy groups -OCH3 is 1. The molecule has 0 amide bonds. The summed E-state index contributed by atoms with van der Waals surface area (Å²) in [6.45, 7) is 11.9. The van der Waals surface area contributed by atoms with Crippen molar-refractivity contribution in [3.05, 3.63) is 41.5 Å². The molecule has 0 aromatic heterocycles. The Hall–Kier alpha value is -2.14. The van der Waals surface area contributed by atoms with Crippen molar-refractivity contribution in [3.63, 3.8) is 0 Å². The van der Waals surface area contributed by atoms with Gasteiger partial charge in [0.15, 0.2) is 0 Å². The molecule has 0 saturated heterocycles. The molecule has 1 fully saturated rings. The zero-order valence-electron chi connectivity index (χ0n) is 24.1. The fourth-order valence-electron chi connectivity index (χ4n) is 5.21. The van der Waals surface area contributed by atoms with E-state index >= 15 is 0 Å². The van der Waals surface area contributed by atoms with Crippen LogP contribution in [0.5, 0.6) is 0 Å². The van der Waals surface area contributed by atoms with Crippen LogP contribution in [-0.4, -0.2) is 38.4 Å². The Morgan fingerprint density at radius 1 is 0.946 bits per heavy atom. The molecule has 1 aliphatic carbocycles. The van der Waals surface area contributed by atoms with E-state index in [1.54, 1.807) is 6.08 Å². The van der Waals surface area contributed by atoms with Crippen molar-refractivity contribution in [2.75, 3.05) is 20.3 Å². The summed E-state index contributed by atoms with van der Waals surface area (Å²) in [4.78, 5) is 23.9. The number of ether oxygens (including phenoxy) is 3. The van der Waals surface area contributed by atoms with Crippen molar-refractivity contribution in [2.24, 2.45) is 17.3 Å². The van der Waals surface area contributed by atoms with Crippen molar-refractivity contribution in [1.29, 1.82) is 0 Å². The number of carbonyl (C=O) groups is 2. The monoisotopic (exact) mass is 514 g/mol. The molecule has 0 heterocycles. The lowest BCUT2D eigenvalue weighted by Gasteiger charge is -2.32. The number of esters is 2. The van der Waals surface area contributed by atoms with E-state index in [9.17, 15) is 9.59 Å². The summed E-state index contributed by atoms with van der Waals surface area (Å²) >= 11 is 0. The predicted octanol–water partition coefficient (Wildman–Crippen LogP) is 7.73. The number of hydrogen-bond donors (Lipinski definition) is 0. The van der Waals surface area contributed by atoms with Crippen molar-refractivity contribution < 1.29 is 23.8 Å². The zero-order chi connectivity index (χ0) is 27.3. The van der Waals surface area contributed by atoms with Gasteiger partial charge in [0.25, 0.3) is 0 Å². The molecule has 1 aliphatic rings. The lowest BCUT2D eigenvalue weighted by Crippen LogP contribution is -2.36. The molecular weight excluding hydrogens is 464 g/mol. The molecule has 2 rings (SSSR count). The van der Waals surface area contributed by atoms with E-state index < -0.39 is 5.41 Å². The average molecular weight is 515 g/mol. The lowest BCUT2D eigenvalue weighted by atomic mass is 9.73. The van der Waals surface area contributed by atoms with Gasteiger partial charge in [0.1, 0.15) is 0 Å². The second-order valence-corrected chi connectivity index (χ2v) is 11.6. The van der Waals surface area contributed by atoms with E-state index in [-0.39, 0.29) is 17.9 Å². The lowest BCUT2D eigenvalue weighted by molar-refractivity contribution is -0.159. The molecule has 1 saturated carbocycles. The van der Waals surface area contributed by atoms with Crippen molar-refractivity contribution in [3.8, 4) is 0 Å². The van der Waals surface area contributed by atoms with E-state index in [0.29, 0.717) is 24.5 Å². The summed E-state index contributed by atoms with van der Waals surface area (Å²) in [7, 11) is 1.38. The smallest absolute Gasteiger partial charge is 0.330 e. The fourth-order valence-corrected chi connectivity index (χ4v) is 5.21. The molecule has 1 aromatic carbocycles. The largest absolute Gasteiger partial charge is 0.466 e. The SMILES string of the molecule is COC(=O)/C=C/c1ccc(C2CCC(OCCCCCCOC(=O)C(C)(CC(C)C)C(C)C)CC2)cc1. The third-order valence-electron chi connectivity index (χ3n) is 7.89. The third kappa shape index (κ3) is 10.6. The third-order valence-corrected chi connectivity index (χ3v) is 7.89. The maximum atomic E-state index is 12.7. The van der Waals surface area contributed by atoms with Crippen LogP contribution in [0.3, 0.4) is 0 Å². The first-order valence-electron chi connectivity index (χ1n) is 14.3. The van der Waals surface area contributed by atoms with Gasteiger partial charge in [0.05, 0.1) is 25.2 Å². The second-order valence-electron chi connectivity index (χ2n) is 11.6. The van der Waals surface area contributed by atoms with Crippen molar-refractivity contribution in [1.82, 2.24) is 0 Å². The number of unbranched alkanes of at least 4 members (excludes halogenated alkanes) is 3.